The Bertz CT molecular complexity index is 2580. The van der Waals surface area contributed by atoms with Gasteiger partial charge in [0.1, 0.15) is 18.0 Å². The molecule has 62 heavy (non-hydrogen) atoms. The fraction of sp³-hybridized carbons (Fsp3) is 0.435. The van der Waals surface area contributed by atoms with Crippen LogP contribution in [0, 0.1) is 12.7 Å². The van der Waals surface area contributed by atoms with Crippen LogP contribution >= 0.6 is 0 Å². The molecular formula is C46H50FN5O10. The van der Waals surface area contributed by atoms with Crippen LogP contribution in [0.5, 0.6) is 0 Å². The molecule has 2 aromatic carbocycles. The van der Waals surface area contributed by atoms with E-state index >= 15 is 4.39 Å². The molecule has 0 saturated carbocycles. The fourth-order valence-corrected chi connectivity index (χ4v) is 8.56. The average molecular weight is 852 g/mol. The number of carbonyl (C=O) groups is 6. The van der Waals surface area contributed by atoms with Gasteiger partial charge in [-0.2, -0.15) is 0 Å². The molecular weight excluding hydrogens is 802 g/mol. The van der Waals surface area contributed by atoms with Crippen LogP contribution in [0.4, 0.5) is 9.18 Å². The van der Waals surface area contributed by atoms with Gasteiger partial charge in [0.15, 0.2) is 17.2 Å². The standard InChI is InChI=1S/C46H50FN5O10/c1-6-46(60)30-19-35-41-28(22-52(35)42(57)29(30)23-61-43(46)58)40-32(14-13-27-24(2)31(47)20-34(51-41)39(27)40)49-38(56)17-15-36(54)33(18-25-10-8-7-9-11-25)50-37(55)16-12-26(53)21-48-44(59)62-45(3,4)5/h7-11,19-20,32-33,60H,6,12-18,21-23H2,1-5H3,(H,48,59)(H,49,56)(H,50,55)/t32?,33-,46+/m1/s1. The molecule has 3 aliphatic rings. The number of hydrogen-bond acceptors (Lipinski definition) is 11. The summed E-state index contributed by atoms with van der Waals surface area (Å²) in [7, 11) is 0. The predicted octanol–water partition coefficient (Wildman–Crippen LogP) is 4.58. The number of alkyl carbamates (subject to hydrolysis) is 1. The van der Waals surface area contributed by atoms with E-state index in [1.165, 1.54) is 10.6 Å². The molecule has 3 amide bonds. The summed E-state index contributed by atoms with van der Waals surface area (Å²) in [6.07, 6.45) is -0.672. The molecule has 15 nitrogen and oxygen atoms in total. The second-order valence-corrected chi connectivity index (χ2v) is 17.1. The van der Waals surface area contributed by atoms with E-state index in [-0.39, 0.29) is 69.3 Å². The Morgan fingerprint density at radius 3 is 2.45 bits per heavy atom. The molecule has 4 aromatic rings. The highest BCUT2D eigenvalue weighted by atomic mass is 19.1. The number of fused-ring (bicyclic) bond motifs is 5. The second kappa shape index (κ2) is 17.2. The van der Waals surface area contributed by atoms with E-state index in [0.29, 0.717) is 51.8 Å². The first-order valence-corrected chi connectivity index (χ1v) is 20.8. The number of Topliss-reactive ketones (excluding diaryl/α,β-unsaturated/α-hetero) is 2. The third-order valence-electron chi connectivity index (χ3n) is 11.8. The molecule has 0 spiro atoms. The van der Waals surface area contributed by atoms with Crippen molar-refractivity contribution in [2.45, 2.75) is 122 Å². The maximum Gasteiger partial charge on any atom is 0.408 e. The predicted molar refractivity (Wildman–Crippen MR) is 223 cm³/mol. The molecule has 4 heterocycles. The monoisotopic (exact) mass is 851 g/mol. The number of ether oxygens (including phenoxy) is 2. The lowest BCUT2D eigenvalue weighted by atomic mass is 9.81. The third kappa shape index (κ3) is 8.73. The van der Waals surface area contributed by atoms with Crippen LogP contribution in [0.25, 0.3) is 22.3 Å². The van der Waals surface area contributed by atoms with Crippen molar-refractivity contribution in [2.75, 3.05) is 6.54 Å². The van der Waals surface area contributed by atoms with Gasteiger partial charge >= 0.3 is 12.1 Å². The lowest BCUT2D eigenvalue weighted by Gasteiger charge is -2.31. The summed E-state index contributed by atoms with van der Waals surface area (Å²) in [4.78, 5) is 96.5. The van der Waals surface area contributed by atoms with E-state index in [0.717, 1.165) is 11.1 Å². The van der Waals surface area contributed by atoms with Gasteiger partial charge in [0.2, 0.25) is 11.8 Å². The number of hydrogen-bond donors (Lipinski definition) is 4. The lowest BCUT2D eigenvalue weighted by molar-refractivity contribution is -0.172. The van der Waals surface area contributed by atoms with Crippen LogP contribution in [0.15, 0.2) is 47.3 Å². The molecule has 2 aliphatic heterocycles. The van der Waals surface area contributed by atoms with Gasteiger partial charge in [-0.3, -0.25) is 24.0 Å². The zero-order chi connectivity index (χ0) is 44.7. The maximum atomic E-state index is 15.4. The largest absolute Gasteiger partial charge is 0.458 e. The number of ketones is 2. The van der Waals surface area contributed by atoms with Crippen LogP contribution in [-0.4, -0.2) is 68.3 Å². The van der Waals surface area contributed by atoms with Crippen molar-refractivity contribution >= 4 is 46.3 Å². The van der Waals surface area contributed by atoms with Crippen LogP contribution in [-0.2, 0) is 65.0 Å². The van der Waals surface area contributed by atoms with Gasteiger partial charge in [0.05, 0.1) is 47.6 Å². The lowest BCUT2D eigenvalue weighted by Crippen LogP contribution is -2.44. The van der Waals surface area contributed by atoms with Crippen molar-refractivity contribution in [2.24, 2.45) is 0 Å². The number of esters is 1. The number of aromatic nitrogens is 2. The zero-order valence-electron chi connectivity index (χ0n) is 35.4. The van der Waals surface area contributed by atoms with Crippen molar-refractivity contribution < 1.29 is 47.7 Å². The minimum atomic E-state index is -2.04. The van der Waals surface area contributed by atoms with Gasteiger partial charge in [-0.15, -0.1) is 0 Å². The number of nitrogens with one attached hydrogen (secondary N) is 3. The van der Waals surface area contributed by atoms with Gasteiger partial charge in [-0.1, -0.05) is 37.3 Å². The smallest absolute Gasteiger partial charge is 0.408 e. The van der Waals surface area contributed by atoms with Crippen molar-refractivity contribution in [3.63, 3.8) is 0 Å². The number of pyridine rings is 2. The van der Waals surface area contributed by atoms with Crippen LogP contribution < -0.4 is 21.5 Å². The topological polar surface area (TPSA) is 212 Å². The summed E-state index contributed by atoms with van der Waals surface area (Å²) in [6, 6.07) is 10.4. The summed E-state index contributed by atoms with van der Waals surface area (Å²) in [5.41, 5.74) is 1.40. The molecule has 7 rings (SSSR count). The SMILES string of the molecule is CC[C@@]1(O)C(=O)OCc2c1cc1n(c2=O)Cc2c-1nc1cc(F)c(C)c3c1c2C(NC(=O)CCC(=O)[C@@H](Cc1ccccc1)NC(=O)CCC(=O)CNC(=O)OC(C)(C)C)CC3. The molecule has 0 saturated heterocycles. The maximum absolute atomic E-state index is 15.4. The number of amides is 3. The van der Waals surface area contributed by atoms with Crippen molar-refractivity contribution in [3.8, 4) is 11.4 Å². The number of carbonyl (C=O) groups excluding carboxylic acids is 6. The molecule has 2 aromatic heterocycles. The highest BCUT2D eigenvalue weighted by Gasteiger charge is 2.46. The number of nitrogens with zero attached hydrogens (tertiary/aromatic N) is 2. The number of benzene rings is 2. The van der Waals surface area contributed by atoms with Crippen LogP contribution in [0.1, 0.15) is 111 Å². The number of cyclic esters (lactones) is 1. The molecule has 16 heteroatoms. The van der Waals surface area contributed by atoms with E-state index < -0.39 is 70.1 Å². The van der Waals surface area contributed by atoms with E-state index in [4.69, 9.17) is 14.5 Å². The molecule has 1 aliphatic carbocycles. The van der Waals surface area contributed by atoms with Crippen LogP contribution in [0.2, 0.25) is 0 Å². The number of halogens is 1. The summed E-state index contributed by atoms with van der Waals surface area (Å²) in [6.45, 7) is 7.82. The average Bonchev–Trinajstić information content (AvgIpc) is 3.60. The van der Waals surface area contributed by atoms with Crippen LogP contribution in [0.3, 0.4) is 0 Å². The van der Waals surface area contributed by atoms with E-state index in [9.17, 15) is 38.7 Å². The van der Waals surface area contributed by atoms with Crippen molar-refractivity contribution in [1.82, 2.24) is 25.5 Å². The molecule has 0 fully saturated rings. The van der Waals surface area contributed by atoms with Gasteiger partial charge in [0.25, 0.3) is 5.56 Å². The molecule has 0 bridgehead atoms. The summed E-state index contributed by atoms with van der Waals surface area (Å²) >= 11 is 0. The molecule has 4 N–H and O–H groups in total. The first-order chi connectivity index (χ1) is 29.4. The highest BCUT2D eigenvalue weighted by molar-refractivity contribution is 5.95. The Hall–Kier alpha value is -6.29. The Kier molecular flexibility index (Phi) is 12.2. The Morgan fingerprint density at radius 1 is 1.02 bits per heavy atom. The van der Waals surface area contributed by atoms with Crippen molar-refractivity contribution in [3.05, 3.63) is 97.6 Å². The van der Waals surface area contributed by atoms with Gasteiger partial charge in [0, 0.05) is 48.3 Å². The van der Waals surface area contributed by atoms with Crippen molar-refractivity contribution in [1.29, 1.82) is 0 Å². The molecule has 1 unspecified atom stereocenters. The fourth-order valence-electron chi connectivity index (χ4n) is 8.56. The molecule has 0 radical (unpaired) electrons. The Morgan fingerprint density at radius 2 is 1.74 bits per heavy atom. The quantitative estimate of drug-likeness (QED) is 0.114. The summed E-state index contributed by atoms with van der Waals surface area (Å²) < 4.78 is 27.2. The molecule has 3 atom stereocenters. The van der Waals surface area contributed by atoms with Gasteiger partial charge in [-0.05, 0) is 81.7 Å². The van der Waals surface area contributed by atoms with E-state index in [1.54, 1.807) is 52.8 Å². The summed E-state index contributed by atoms with van der Waals surface area (Å²) in [5, 5.41) is 20.2. The number of aliphatic hydroxyl groups is 1. The number of rotatable bonds is 14. The van der Waals surface area contributed by atoms with Gasteiger partial charge in [-0.25, -0.2) is 19.0 Å². The normalized spacial score (nSPS) is 17.9. The van der Waals surface area contributed by atoms with Gasteiger partial charge < -0.3 is 35.1 Å². The van der Waals surface area contributed by atoms with E-state index in [2.05, 4.69) is 16.0 Å². The summed E-state index contributed by atoms with van der Waals surface area (Å²) in [5.74, 6) is -3.08. The first kappa shape index (κ1) is 43.8. The number of aryl methyl sites for hydroxylation is 1. The minimum absolute atomic E-state index is 0.0353. The second-order valence-electron chi connectivity index (χ2n) is 17.1. The zero-order valence-corrected chi connectivity index (χ0v) is 35.4. The minimum Gasteiger partial charge on any atom is -0.458 e. The Labute approximate surface area is 356 Å². The Balaban J connectivity index is 1.08. The first-order valence-electron chi connectivity index (χ1n) is 20.8. The third-order valence-corrected chi connectivity index (χ3v) is 11.8. The highest BCUT2D eigenvalue weighted by Crippen LogP contribution is 2.46. The van der Waals surface area contributed by atoms with E-state index in [1.807, 2.05) is 18.2 Å². The molecule has 326 valence electrons.